The second-order valence-electron chi connectivity index (χ2n) is 2.44. The van der Waals surface area contributed by atoms with Gasteiger partial charge >= 0.3 is 5.97 Å². The van der Waals surface area contributed by atoms with Crippen LogP contribution >= 0.6 is 15.9 Å². The van der Waals surface area contributed by atoms with Crippen molar-refractivity contribution in [1.82, 2.24) is 4.98 Å². The summed E-state index contributed by atoms with van der Waals surface area (Å²) in [6, 6.07) is 1.46. The van der Waals surface area contributed by atoms with Crippen molar-refractivity contribution in [2.24, 2.45) is 0 Å². The molecule has 0 fully saturated rings. The Bertz CT molecular complexity index is 351. The topological polar surface area (TPSA) is 59.4 Å². The van der Waals surface area contributed by atoms with Gasteiger partial charge in [-0.3, -0.25) is 0 Å². The average molecular weight is 246 g/mol. The molecule has 0 amide bonds. The van der Waals surface area contributed by atoms with Crippen LogP contribution in [-0.2, 0) is 0 Å². The smallest absolute Gasteiger partial charge is 0.339 e. The van der Waals surface area contributed by atoms with Gasteiger partial charge in [-0.05, 0) is 28.9 Å². The molecule has 70 valence electrons. The molecule has 0 aromatic carbocycles. The van der Waals surface area contributed by atoms with Crippen molar-refractivity contribution in [2.45, 2.75) is 6.92 Å². The highest BCUT2D eigenvalue weighted by Crippen LogP contribution is 2.27. The normalized spacial score (nSPS) is 9.77. The predicted molar refractivity (Wildman–Crippen MR) is 50.2 cm³/mol. The number of carboxylic acids is 1. The van der Waals surface area contributed by atoms with Crippen molar-refractivity contribution in [3.63, 3.8) is 0 Å². The van der Waals surface area contributed by atoms with Crippen LogP contribution in [0.2, 0.25) is 0 Å². The largest absolute Gasteiger partial charge is 0.493 e. The molecule has 0 radical (unpaired) electrons. The number of nitrogens with zero attached hydrogens (tertiary/aromatic N) is 1. The Morgan fingerprint density at radius 2 is 2.31 bits per heavy atom. The van der Waals surface area contributed by atoms with Crippen molar-refractivity contribution in [1.29, 1.82) is 0 Å². The van der Waals surface area contributed by atoms with Crippen LogP contribution in [-0.4, -0.2) is 23.2 Å². The third-order valence-electron chi connectivity index (χ3n) is 1.49. The molecule has 0 aliphatic rings. The Labute approximate surface area is 83.7 Å². The van der Waals surface area contributed by atoms with Gasteiger partial charge in [0.25, 0.3) is 0 Å². The fourth-order valence-corrected chi connectivity index (χ4v) is 1.63. The summed E-state index contributed by atoms with van der Waals surface area (Å²) in [4.78, 5) is 14.8. The molecule has 0 saturated carbocycles. The van der Waals surface area contributed by atoms with Gasteiger partial charge in [0.2, 0.25) is 0 Å². The van der Waals surface area contributed by atoms with Crippen molar-refractivity contribution in [3.05, 3.63) is 21.9 Å². The van der Waals surface area contributed by atoms with Gasteiger partial charge in [0.1, 0.15) is 10.2 Å². The highest BCUT2D eigenvalue weighted by Gasteiger charge is 2.15. The summed E-state index contributed by atoms with van der Waals surface area (Å²) in [5.74, 6) is -0.777. The first-order chi connectivity index (χ1) is 6.06. The summed E-state index contributed by atoms with van der Waals surface area (Å²) in [5, 5.41) is 8.82. The Kier molecular flexibility index (Phi) is 2.87. The number of aryl methyl sites for hydroxylation is 1. The van der Waals surface area contributed by atoms with Crippen molar-refractivity contribution >= 4 is 21.9 Å². The van der Waals surface area contributed by atoms with Gasteiger partial charge in [0, 0.05) is 5.69 Å². The van der Waals surface area contributed by atoms with E-state index in [0.717, 1.165) is 0 Å². The summed E-state index contributed by atoms with van der Waals surface area (Å²) in [7, 11) is 1.41. The molecule has 0 aliphatic heterocycles. The Hall–Kier alpha value is -1.10. The Balaban J connectivity index is 3.38. The number of aromatic nitrogens is 1. The van der Waals surface area contributed by atoms with Gasteiger partial charge in [-0.1, -0.05) is 0 Å². The van der Waals surface area contributed by atoms with Crippen LogP contribution in [0.4, 0.5) is 0 Å². The molecule has 1 N–H and O–H groups in total. The summed E-state index contributed by atoms with van der Waals surface area (Å²) >= 11 is 3.13. The van der Waals surface area contributed by atoms with E-state index < -0.39 is 5.97 Å². The Morgan fingerprint density at radius 1 is 1.69 bits per heavy atom. The van der Waals surface area contributed by atoms with Crippen molar-refractivity contribution < 1.29 is 14.6 Å². The zero-order valence-electron chi connectivity index (χ0n) is 7.17. The SMILES string of the molecule is COc1c(C(=O)O)cc(C)nc1Br. The lowest BCUT2D eigenvalue weighted by Crippen LogP contribution is -2.03. The molecular weight excluding hydrogens is 238 g/mol. The minimum Gasteiger partial charge on any atom is -0.493 e. The minimum atomic E-state index is -1.02. The van der Waals surface area contributed by atoms with E-state index in [1.165, 1.54) is 13.2 Å². The molecule has 13 heavy (non-hydrogen) atoms. The van der Waals surface area contributed by atoms with Crippen LogP contribution in [0.3, 0.4) is 0 Å². The van der Waals surface area contributed by atoms with Gasteiger partial charge in [-0.15, -0.1) is 0 Å². The van der Waals surface area contributed by atoms with E-state index in [1.807, 2.05) is 0 Å². The maximum absolute atomic E-state index is 10.8. The molecule has 0 aliphatic carbocycles. The van der Waals surface area contributed by atoms with E-state index in [0.29, 0.717) is 10.3 Å². The highest BCUT2D eigenvalue weighted by molar-refractivity contribution is 9.10. The lowest BCUT2D eigenvalue weighted by molar-refractivity contribution is 0.0693. The standard InChI is InChI=1S/C8H8BrNO3/c1-4-3-5(8(11)12)6(13-2)7(9)10-4/h3H,1-2H3,(H,11,12). The van der Waals surface area contributed by atoms with Crippen LogP contribution in [0.15, 0.2) is 10.7 Å². The van der Waals surface area contributed by atoms with Crippen molar-refractivity contribution in [3.8, 4) is 5.75 Å². The monoisotopic (exact) mass is 245 g/mol. The van der Waals surface area contributed by atoms with E-state index in [2.05, 4.69) is 20.9 Å². The van der Waals surface area contributed by atoms with Gasteiger partial charge in [0.15, 0.2) is 5.75 Å². The molecule has 0 unspecified atom stereocenters. The number of carboxylic acid groups (broad SMARTS) is 1. The van der Waals surface area contributed by atoms with Crippen LogP contribution < -0.4 is 4.74 Å². The quantitative estimate of drug-likeness (QED) is 0.809. The minimum absolute atomic E-state index is 0.113. The van der Waals surface area contributed by atoms with Gasteiger partial charge in [-0.25, -0.2) is 9.78 Å². The average Bonchev–Trinajstić information content (AvgIpc) is 2.02. The molecule has 1 aromatic heterocycles. The molecule has 4 nitrogen and oxygen atoms in total. The first-order valence-corrected chi connectivity index (χ1v) is 4.30. The van der Waals surface area contributed by atoms with Crippen molar-refractivity contribution in [2.75, 3.05) is 7.11 Å². The summed E-state index contributed by atoms with van der Waals surface area (Å²) in [5.41, 5.74) is 0.743. The molecular formula is C8H8BrNO3. The first-order valence-electron chi connectivity index (χ1n) is 3.50. The first kappa shape index (κ1) is 9.98. The molecule has 1 rings (SSSR count). The second kappa shape index (κ2) is 3.74. The maximum Gasteiger partial charge on any atom is 0.339 e. The number of hydrogen-bond acceptors (Lipinski definition) is 3. The molecule has 1 aromatic rings. The van der Waals surface area contributed by atoms with E-state index in [9.17, 15) is 4.79 Å². The molecule has 0 spiro atoms. The number of carbonyl (C=O) groups is 1. The number of ether oxygens (including phenoxy) is 1. The zero-order chi connectivity index (χ0) is 10.0. The number of methoxy groups -OCH3 is 1. The van der Waals surface area contributed by atoms with E-state index in [1.54, 1.807) is 6.92 Å². The molecule has 1 heterocycles. The van der Waals surface area contributed by atoms with Gasteiger partial charge in [-0.2, -0.15) is 0 Å². The summed E-state index contributed by atoms with van der Waals surface area (Å²) in [6.45, 7) is 1.72. The number of halogens is 1. The predicted octanol–water partition coefficient (Wildman–Crippen LogP) is 1.86. The lowest BCUT2D eigenvalue weighted by Gasteiger charge is -2.06. The van der Waals surface area contributed by atoms with E-state index in [-0.39, 0.29) is 11.3 Å². The zero-order valence-corrected chi connectivity index (χ0v) is 8.75. The van der Waals surface area contributed by atoms with Gasteiger partial charge < -0.3 is 9.84 Å². The maximum atomic E-state index is 10.8. The summed E-state index contributed by atoms with van der Waals surface area (Å²) < 4.78 is 5.31. The third kappa shape index (κ3) is 1.98. The van der Waals surface area contributed by atoms with Crippen LogP contribution in [0.1, 0.15) is 16.1 Å². The number of rotatable bonds is 2. The van der Waals surface area contributed by atoms with E-state index in [4.69, 9.17) is 9.84 Å². The fraction of sp³-hybridized carbons (Fsp3) is 0.250. The van der Waals surface area contributed by atoms with Crippen LogP contribution in [0.25, 0.3) is 0 Å². The third-order valence-corrected chi connectivity index (χ3v) is 2.03. The number of aromatic carboxylic acids is 1. The van der Waals surface area contributed by atoms with Crippen LogP contribution in [0, 0.1) is 6.92 Å². The summed E-state index contributed by atoms with van der Waals surface area (Å²) in [6.07, 6.45) is 0. The highest BCUT2D eigenvalue weighted by atomic mass is 79.9. The molecule has 0 saturated heterocycles. The van der Waals surface area contributed by atoms with E-state index >= 15 is 0 Å². The lowest BCUT2D eigenvalue weighted by atomic mass is 10.2. The molecule has 0 atom stereocenters. The van der Waals surface area contributed by atoms with Gasteiger partial charge in [0.05, 0.1) is 7.11 Å². The number of pyridine rings is 1. The fourth-order valence-electron chi connectivity index (χ4n) is 0.976. The molecule has 5 heteroatoms. The van der Waals surface area contributed by atoms with Crippen LogP contribution in [0.5, 0.6) is 5.75 Å². The Morgan fingerprint density at radius 3 is 2.77 bits per heavy atom. The molecule has 0 bridgehead atoms. The number of hydrogen-bond donors (Lipinski definition) is 1. The second-order valence-corrected chi connectivity index (χ2v) is 3.19.